The summed E-state index contributed by atoms with van der Waals surface area (Å²) in [4.78, 5) is 2.08. The number of hydrogen-bond donors (Lipinski definition) is 1. The molecule has 1 saturated heterocycles. The van der Waals surface area contributed by atoms with E-state index in [4.69, 9.17) is 0 Å². The molecule has 0 spiro atoms. The van der Waals surface area contributed by atoms with Crippen LogP contribution in [-0.2, 0) is 6.18 Å². The zero-order valence-corrected chi connectivity index (χ0v) is 11.2. The van der Waals surface area contributed by atoms with Crippen molar-refractivity contribution in [1.29, 1.82) is 0 Å². The quantitative estimate of drug-likeness (QED) is 0.888. The standard InChI is InChI=1S/C14H19F3N2/c1-3-12-8-18-10(2)9-19(12)13-6-4-5-11(7-13)14(15,16)17/h4-7,10,12,18H,3,8-9H2,1-2H3. The highest BCUT2D eigenvalue weighted by atomic mass is 19.4. The molecule has 2 atom stereocenters. The van der Waals surface area contributed by atoms with Gasteiger partial charge < -0.3 is 10.2 Å². The zero-order chi connectivity index (χ0) is 14.0. The number of benzene rings is 1. The molecule has 19 heavy (non-hydrogen) atoms. The van der Waals surface area contributed by atoms with Gasteiger partial charge in [-0.05, 0) is 31.5 Å². The number of nitrogens with one attached hydrogen (secondary N) is 1. The largest absolute Gasteiger partial charge is 0.416 e. The molecule has 106 valence electrons. The summed E-state index contributed by atoms with van der Waals surface area (Å²) in [6.45, 7) is 5.66. The first-order chi connectivity index (χ1) is 8.91. The van der Waals surface area contributed by atoms with Crippen molar-refractivity contribution in [1.82, 2.24) is 5.32 Å². The second-order valence-electron chi connectivity index (χ2n) is 5.07. The third-order valence-corrected chi connectivity index (χ3v) is 3.59. The van der Waals surface area contributed by atoms with Gasteiger partial charge >= 0.3 is 6.18 Å². The minimum Gasteiger partial charge on any atom is -0.366 e. The van der Waals surface area contributed by atoms with Crippen LogP contribution in [-0.4, -0.2) is 25.2 Å². The Morgan fingerprint density at radius 1 is 1.37 bits per heavy atom. The highest BCUT2D eigenvalue weighted by Crippen LogP contribution is 2.32. The Morgan fingerprint density at radius 2 is 2.11 bits per heavy atom. The van der Waals surface area contributed by atoms with Crippen LogP contribution in [0, 0.1) is 0 Å². The first-order valence-corrected chi connectivity index (χ1v) is 6.59. The molecule has 1 aliphatic heterocycles. The summed E-state index contributed by atoms with van der Waals surface area (Å²) in [6.07, 6.45) is -3.37. The third kappa shape index (κ3) is 3.21. The lowest BCUT2D eigenvalue weighted by atomic mass is 10.1. The van der Waals surface area contributed by atoms with E-state index >= 15 is 0 Å². The van der Waals surface area contributed by atoms with Gasteiger partial charge in [-0.25, -0.2) is 0 Å². The number of anilines is 1. The van der Waals surface area contributed by atoms with Crippen molar-refractivity contribution in [2.75, 3.05) is 18.0 Å². The van der Waals surface area contributed by atoms with Crippen molar-refractivity contribution in [2.45, 2.75) is 38.5 Å². The van der Waals surface area contributed by atoms with E-state index in [2.05, 4.69) is 17.1 Å². The van der Waals surface area contributed by atoms with Crippen molar-refractivity contribution in [3.05, 3.63) is 29.8 Å². The smallest absolute Gasteiger partial charge is 0.366 e. The molecule has 1 aromatic carbocycles. The van der Waals surface area contributed by atoms with Crippen LogP contribution in [0.15, 0.2) is 24.3 Å². The van der Waals surface area contributed by atoms with Gasteiger partial charge in [0.05, 0.1) is 5.56 Å². The molecule has 1 aliphatic rings. The molecular formula is C14H19F3N2. The number of alkyl halides is 3. The van der Waals surface area contributed by atoms with Crippen LogP contribution in [0.3, 0.4) is 0 Å². The maximum atomic E-state index is 12.8. The van der Waals surface area contributed by atoms with E-state index in [9.17, 15) is 13.2 Å². The molecule has 0 aliphatic carbocycles. The molecule has 0 amide bonds. The van der Waals surface area contributed by atoms with Crippen molar-refractivity contribution in [2.24, 2.45) is 0 Å². The lowest BCUT2D eigenvalue weighted by Crippen LogP contribution is -2.55. The van der Waals surface area contributed by atoms with Crippen molar-refractivity contribution < 1.29 is 13.2 Å². The fourth-order valence-corrected chi connectivity index (χ4v) is 2.50. The normalized spacial score (nSPS) is 24.6. The van der Waals surface area contributed by atoms with Crippen molar-refractivity contribution >= 4 is 5.69 Å². The summed E-state index contributed by atoms with van der Waals surface area (Å²) in [5.41, 5.74) is 0.0843. The van der Waals surface area contributed by atoms with Crippen LogP contribution in [0.5, 0.6) is 0 Å². The number of nitrogens with zero attached hydrogens (tertiary/aromatic N) is 1. The Labute approximate surface area is 111 Å². The van der Waals surface area contributed by atoms with Crippen LogP contribution >= 0.6 is 0 Å². The molecule has 2 unspecified atom stereocenters. The molecule has 0 saturated carbocycles. The third-order valence-electron chi connectivity index (χ3n) is 3.59. The number of hydrogen-bond acceptors (Lipinski definition) is 2. The van der Waals surface area contributed by atoms with Crippen LogP contribution in [0.25, 0.3) is 0 Å². The number of piperazine rings is 1. The molecule has 5 heteroatoms. The van der Waals surface area contributed by atoms with E-state index in [1.54, 1.807) is 6.07 Å². The SMILES string of the molecule is CCC1CNC(C)CN1c1cccc(C(F)(F)F)c1. The predicted molar refractivity (Wildman–Crippen MR) is 70.3 cm³/mol. The van der Waals surface area contributed by atoms with Gasteiger partial charge in [0.15, 0.2) is 0 Å². The lowest BCUT2D eigenvalue weighted by molar-refractivity contribution is -0.137. The Morgan fingerprint density at radius 3 is 2.74 bits per heavy atom. The van der Waals surface area contributed by atoms with Gasteiger partial charge in [0, 0.05) is 30.9 Å². The van der Waals surface area contributed by atoms with E-state index in [0.717, 1.165) is 25.6 Å². The molecule has 0 radical (unpaired) electrons. The Balaban J connectivity index is 2.29. The van der Waals surface area contributed by atoms with Gasteiger partial charge in [-0.15, -0.1) is 0 Å². The van der Waals surface area contributed by atoms with Gasteiger partial charge in [-0.1, -0.05) is 13.0 Å². The minimum atomic E-state index is -4.28. The fraction of sp³-hybridized carbons (Fsp3) is 0.571. The van der Waals surface area contributed by atoms with Crippen molar-refractivity contribution in [3.8, 4) is 0 Å². The Hall–Kier alpha value is -1.23. The van der Waals surface area contributed by atoms with E-state index in [1.165, 1.54) is 12.1 Å². The van der Waals surface area contributed by atoms with Crippen LogP contribution in [0.2, 0.25) is 0 Å². The maximum Gasteiger partial charge on any atom is 0.416 e. The van der Waals surface area contributed by atoms with Crippen LogP contribution < -0.4 is 10.2 Å². The Bertz CT molecular complexity index is 431. The molecule has 1 heterocycles. The predicted octanol–water partition coefficient (Wildman–Crippen LogP) is 3.28. The first-order valence-electron chi connectivity index (χ1n) is 6.59. The second kappa shape index (κ2) is 5.41. The van der Waals surface area contributed by atoms with E-state index in [-0.39, 0.29) is 12.1 Å². The average Bonchev–Trinajstić information content (AvgIpc) is 2.38. The van der Waals surface area contributed by atoms with Crippen LogP contribution in [0.1, 0.15) is 25.8 Å². The molecule has 0 bridgehead atoms. The minimum absolute atomic E-state index is 0.250. The van der Waals surface area contributed by atoms with Gasteiger partial charge in [0.1, 0.15) is 0 Å². The number of halogens is 3. The molecule has 2 nitrogen and oxygen atoms in total. The summed E-state index contributed by atoms with van der Waals surface area (Å²) in [5, 5.41) is 3.36. The molecular weight excluding hydrogens is 253 g/mol. The molecule has 1 N–H and O–H groups in total. The average molecular weight is 272 g/mol. The number of rotatable bonds is 2. The van der Waals surface area contributed by atoms with Gasteiger partial charge in [-0.3, -0.25) is 0 Å². The topological polar surface area (TPSA) is 15.3 Å². The maximum absolute atomic E-state index is 12.8. The summed E-state index contributed by atoms with van der Waals surface area (Å²) in [6, 6.07) is 6.15. The summed E-state index contributed by atoms with van der Waals surface area (Å²) in [5.74, 6) is 0. The zero-order valence-electron chi connectivity index (χ0n) is 11.2. The van der Waals surface area contributed by atoms with E-state index < -0.39 is 11.7 Å². The molecule has 1 fully saturated rings. The highest BCUT2D eigenvalue weighted by Gasteiger charge is 2.32. The summed E-state index contributed by atoms with van der Waals surface area (Å²) in [7, 11) is 0. The van der Waals surface area contributed by atoms with E-state index in [1.807, 2.05) is 6.92 Å². The monoisotopic (exact) mass is 272 g/mol. The summed E-state index contributed by atoms with van der Waals surface area (Å²) >= 11 is 0. The summed E-state index contributed by atoms with van der Waals surface area (Å²) < 4.78 is 38.3. The Kier molecular flexibility index (Phi) is 4.04. The van der Waals surface area contributed by atoms with Gasteiger partial charge in [0.2, 0.25) is 0 Å². The van der Waals surface area contributed by atoms with Crippen molar-refractivity contribution in [3.63, 3.8) is 0 Å². The molecule has 0 aromatic heterocycles. The van der Waals surface area contributed by atoms with Crippen LogP contribution in [0.4, 0.5) is 18.9 Å². The van der Waals surface area contributed by atoms with E-state index in [0.29, 0.717) is 5.69 Å². The van der Waals surface area contributed by atoms with Gasteiger partial charge in [-0.2, -0.15) is 13.2 Å². The lowest BCUT2D eigenvalue weighted by Gasteiger charge is -2.41. The highest BCUT2D eigenvalue weighted by molar-refractivity contribution is 5.51. The fourth-order valence-electron chi connectivity index (χ4n) is 2.50. The second-order valence-corrected chi connectivity index (χ2v) is 5.07. The molecule has 2 rings (SSSR count). The molecule has 1 aromatic rings. The van der Waals surface area contributed by atoms with Gasteiger partial charge in [0.25, 0.3) is 0 Å². The first kappa shape index (κ1) is 14.2.